The molecule has 2 rings (SSSR count). The monoisotopic (exact) mass is 293 g/mol. The van der Waals surface area contributed by atoms with Gasteiger partial charge in [-0.3, -0.25) is 0 Å². The van der Waals surface area contributed by atoms with E-state index in [1.165, 1.54) is 0 Å². The van der Waals surface area contributed by atoms with Gasteiger partial charge in [-0.25, -0.2) is 15.8 Å². The van der Waals surface area contributed by atoms with E-state index in [0.29, 0.717) is 11.9 Å². The van der Waals surface area contributed by atoms with Crippen LogP contribution in [0, 0.1) is 0 Å². The van der Waals surface area contributed by atoms with Gasteiger partial charge in [0.2, 0.25) is 0 Å². The van der Waals surface area contributed by atoms with Crippen molar-refractivity contribution in [3.8, 4) is 0 Å². The molecule has 2 heterocycles. The molecule has 21 heavy (non-hydrogen) atoms. The van der Waals surface area contributed by atoms with Crippen LogP contribution < -0.4 is 16.2 Å². The lowest BCUT2D eigenvalue weighted by atomic mass is 9.95. The third-order valence-corrected chi connectivity index (χ3v) is 3.76. The van der Waals surface area contributed by atoms with E-state index in [1.54, 1.807) is 0 Å². The van der Waals surface area contributed by atoms with Crippen LogP contribution in [0.4, 0.5) is 11.6 Å². The standard InChI is InChI=1S/C15H27N5O/c1-6-11-9-21-10(2)8-20(11)13-7-12(19-16)17-14(18-13)15(3,4)5/h7,10-11H,6,8-9,16H2,1-5H3,(H,17,18,19). The maximum atomic E-state index is 5.76. The van der Waals surface area contributed by atoms with Gasteiger partial charge in [0.25, 0.3) is 0 Å². The number of nitrogens with one attached hydrogen (secondary N) is 1. The first-order chi connectivity index (χ1) is 9.85. The van der Waals surface area contributed by atoms with E-state index in [9.17, 15) is 0 Å². The van der Waals surface area contributed by atoms with E-state index < -0.39 is 0 Å². The van der Waals surface area contributed by atoms with Crippen LogP contribution in [0.1, 0.15) is 46.9 Å². The fourth-order valence-corrected chi connectivity index (χ4v) is 2.45. The molecule has 6 heteroatoms. The number of anilines is 2. The molecule has 2 unspecified atom stereocenters. The lowest BCUT2D eigenvalue weighted by Crippen LogP contribution is -2.49. The molecule has 1 aromatic heterocycles. The number of ether oxygens (including phenoxy) is 1. The van der Waals surface area contributed by atoms with E-state index in [2.05, 4.69) is 49.9 Å². The van der Waals surface area contributed by atoms with Crippen molar-refractivity contribution in [3.05, 3.63) is 11.9 Å². The molecule has 2 atom stereocenters. The molecule has 1 aliphatic heterocycles. The second-order valence-corrected chi connectivity index (χ2v) is 6.69. The van der Waals surface area contributed by atoms with E-state index in [1.807, 2.05) is 6.07 Å². The molecule has 0 aliphatic carbocycles. The third kappa shape index (κ3) is 3.63. The van der Waals surface area contributed by atoms with Gasteiger partial charge >= 0.3 is 0 Å². The summed E-state index contributed by atoms with van der Waals surface area (Å²) in [5.41, 5.74) is 2.53. The number of nitrogens with two attached hydrogens (primary N) is 1. The van der Waals surface area contributed by atoms with Crippen molar-refractivity contribution in [1.82, 2.24) is 9.97 Å². The van der Waals surface area contributed by atoms with E-state index in [0.717, 1.165) is 31.2 Å². The first-order valence-corrected chi connectivity index (χ1v) is 7.59. The highest BCUT2D eigenvalue weighted by Crippen LogP contribution is 2.27. The van der Waals surface area contributed by atoms with Gasteiger partial charge in [0.15, 0.2) is 0 Å². The lowest BCUT2D eigenvalue weighted by Gasteiger charge is -2.39. The second-order valence-electron chi connectivity index (χ2n) is 6.69. The van der Waals surface area contributed by atoms with Crippen molar-refractivity contribution in [2.75, 3.05) is 23.5 Å². The average molecular weight is 293 g/mol. The number of hydrogen-bond donors (Lipinski definition) is 2. The Morgan fingerprint density at radius 3 is 2.71 bits per heavy atom. The predicted molar refractivity (Wildman–Crippen MR) is 85.4 cm³/mol. The largest absolute Gasteiger partial charge is 0.375 e. The molecule has 3 N–H and O–H groups in total. The smallest absolute Gasteiger partial charge is 0.145 e. The molecular formula is C15H27N5O. The maximum absolute atomic E-state index is 5.76. The summed E-state index contributed by atoms with van der Waals surface area (Å²) < 4.78 is 5.76. The molecule has 1 aliphatic rings. The van der Waals surface area contributed by atoms with Crippen molar-refractivity contribution < 1.29 is 4.74 Å². The zero-order valence-corrected chi connectivity index (χ0v) is 13.7. The van der Waals surface area contributed by atoms with Gasteiger partial charge in [-0.05, 0) is 13.3 Å². The fourth-order valence-electron chi connectivity index (χ4n) is 2.45. The average Bonchev–Trinajstić information content (AvgIpc) is 2.45. The van der Waals surface area contributed by atoms with Crippen LogP contribution in [0.5, 0.6) is 0 Å². The number of aromatic nitrogens is 2. The quantitative estimate of drug-likeness (QED) is 0.656. The topological polar surface area (TPSA) is 76.3 Å². The van der Waals surface area contributed by atoms with Crippen LogP contribution in [0.2, 0.25) is 0 Å². The Labute approximate surface area is 127 Å². The minimum atomic E-state index is -0.124. The van der Waals surface area contributed by atoms with Gasteiger partial charge in [0.1, 0.15) is 17.5 Å². The number of rotatable bonds is 3. The van der Waals surface area contributed by atoms with Gasteiger partial charge in [-0.1, -0.05) is 27.7 Å². The molecule has 0 spiro atoms. The summed E-state index contributed by atoms with van der Waals surface area (Å²) in [6.07, 6.45) is 1.22. The number of hydrazine groups is 1. The third-order valence-electron chi connectivity index (χ3n) is 3.76. The molecule has 0 aromatic carbocycles. The van der Waals surface area contributed by atoms with Gasteiger partial charge in [0, 0.05) is 18.0 Å². The van der Waals surface area contributed by atoms with Crippen molar-refractivity contribution in [1.29, 1.82) is 0 Å². The SMILES string of the molecule is CCC1COC(C)CN1c1cc(NN)nc(C(C)(C)C)n1. The first kappa shape index (κ1) is 16.0. The highest BCUT2D eigenvalue weighted by atomic mass is 16.5. The van der Waals surface area contributed by atoms with Crippen LogP contribution >= 0.6 is 0 Å². The molecule has 118 valence electrons. The minimum absolute atomic E-state index is 0.124. The Kier molecular flexibility index (Phi) is 4.68. The van der Waals surface area contributed by atoms with Crippen molar-refractivity contribution in [2.45, 2.75) is 58.6 Å². The van der Waals surface area contributed by atoms with Gasteiger partial charge in [0.05, 0.1) is 18.8 Å². The first-order valence-electron chi connectivity index (χ1n) is 7.59. The summed E-state index contributed by atoms with van der Waals surface area (Å²) >= 11 is 0. The van der Waals surface area contributed by atoms with Crippen molar-refractivity contribution in [2.24, 2.45) is 5.84 Å². The molecular weight excluding hydrogens is 266 g/mol. The highest BCUT2D eigenvalue weighted by Gasteiger charge is 2.28. The summed E-state index contributed by atoms with van der Waals surface area (Å²) in [5.74, 6) is 7.94. The van der Waals surface area contributed by atoms with Crippen LogP contribution in [0.15, 0.2) is 6.07 Å². The highest BCUT2D eigenvalue weighted by molar-refractivity contribution is 5.50. The Morgan fingerprint density at radius 1 is 1.43 bits per heavy atom. The molecule has 1 saturated heterocycles. The van der Waals surface area contributed by atoms with Gasteiger partial charge in [-0.2, -0.15) is 0 Å². The van der Waals surface area contributed by atoms with Crippen LogP contribution in [-0.2, 0) is 10.2 Å². The fraction of sp³-hybridized carbons (Fsp3) is 0.733. The summed E-state index contributed by atoms with van der Waals surface area (Å²) in [6, 6.07) is 2.25. The summed E-state index contributed by atoms with van der Waals surface area (Å²) in [6.45, 7) is 12.1. The predicted octanol–water partition coefficient (Wildman–Crippen LogP) is 2.06. The number of nitrogens with zero attached hydrogens (tertiary/aromatic N) is 3. The Bertz CT molecular complexity index is 485. The molecule has 6 nitrogen and oxygen atoms in total. The normalized spacial score (nSPS) is 23.2. The number of morpholine rings is 1. The van der Waals surface area contributed by atoms with Crippen LogP contribution in [0.3, 0.4) is 0 Å². The van der Waals surface area contributed by atoms with E-state index in [4.69, 9.17) is 15.6 Å². The van der Waals surface area contributed by atoms with E-state index in [-0.39, 0.29) is 11.5 Å². The van der Waals surface area contributed by atoms with Crippen LogP contribution in [0.25, 0.3) is 0 Å². The molecule has 0 saturated carbocycles. The van der Waals surface area contributed by atoms with Gasteiger partial charge in [-0.15, -0.1) is 0 Å². The molecule has 0 bridgehead atoms. The summed E-state index contributed by atoms with van der Waals surface area (Å²) in [4.78, 5) is 11.6. The zero-order chi connectivity index (χ0) is 15.6. The Balaban J connectivity index is 2.41. The van der Waals surface area contributed by atoms with Crippen molar-refractivity contribution in [3.63, 3.8) is 0 Å². The summed E-state index contributed by atoms with van der Waals surface area (Å²) in [5, 5.41) is 0. The van der Waals surface area contributed by atoms with E-state index >= 15 is 0 Å². The second kappa shape index (κ2) is 6.15. The van der Waals surface area contributed by atoms with Gasteiger partial charge < -0.3 is 15.1 Å². The Morgan fingerprint density at radius 2 is 2.14 bits per heavy atom. The Hall–Kier alpha value is -1.40. The number of hydrogen-bond acceptors (Lipinski definition) is 6. The van der Waals surface area contributed by atoms with Crippen LogP contribution in [-0.4, -0.2) is 35.3 Å². The molecule has 1 aromatic rings. The lowest BCUT2D eigenvalue weighted by molar-refractivity contribution is 0.0296. The maximum Gasteiger partial charge on any atom is 0.145 e. The zero-order valence-electron chi connectivity index (χ0n) is 13.7. The molecule has 0 amide bonds. The molecule has 1 fully saturated rings. The number of nitrogen functional groups attached to an aromatic ring is 1. The molecule has 0 radical (unpaired) electrons. The minimum Gasteiger partial charge on any atom is -0.375 e. The van der Waals surface area contributed by atoms with Crippen molar-refractivity contribution >= 4 is 11.6 Å². The summed E-state index contributed by atoms with van der Waals surface area (Å²) in [7, 11) is 0.